The van der Waals surface area contributed by atoms with Crippen molar-refractivity contribution in [2.75, 3.05) is 12.4 Å². The maximum atomic E-state index is 12.5. The van der Waals surface area contributed by atoms with Gasteiger partial charge in [-0.05, 0) is 25.0 Å². The van der Waals surface area contributed by atoms with Gasteiger partial charge in [0.1, 0.15) is 12.0 Å². The highest BCUT2D eigenvalue weighted by atomic mass is 32.2. The molecule has 2 aromatic heterocycles. The van der Waals surface area contributed by atoms with Crippen molar-refractivity contribution in [1.29, 1.82) is 0 Å². The summed E-state index contributed by atoms with van der Waals surface area (Å²) in [7, 11) is 1.20. The number of amides is 1. The number of ether oxygens (including phenoxy) is 2. The number of thioether (sulfide) groups is 1. The number of carbonyl (C=O) groups excluding carboxylic acids is 3. The third-order valence-corrected chi connectivity index (χ3v) is 6.52. The maximum Gasteiger partial charge on any atom is 0.344 e. The Labute approximate surface area is 195 Å². The molecule has 10 nitrogen and oxygen atoms in total. The van der Waals surface area contributed by atoms with Crippen LogP contribution in [0.1, 0.15) is 39.3 Å². The topological polar surface area (TPSA) is 138 Å². The number of aromatic nitrogens is 2. The fourth-order valence-electron chi connectivity index (χ4n) is 2.70. The highest BCUT2D eigenvalue weighted by Crippen LogP contribution is 2.32. The predicted octanol–water partition coefficient (Wildman–Crippen LogP) is 3.14. The lowest BCUT2D eigenvalue weighted by molar-refractivity contribution is -0.117. The van der Waals surface area contributed by atoms with Crippen LogP contribution in [0.4, 0.5) is 5.13 Å². The first-order valence-corrected chi connectivity index (χ1v) is 11.5. The molecule has 170 valence electrons. The molecule has 1 aliphatic carbocycles. The number of esters is 2. The van der Waals surface area contributed by atoms with Gasteiger partial charge in [-0.2, -0.15) is 0 Å². The van der Waals surface area contributed by atoms with Gasteiger partial charge in [0, 0.05) is 12.0 Å². The van der Waals surface area contributed by atoms with E-state index in [9.17, 15) is 19.2 Å². The van der Waals surface area contributed by atoms with Gasteiger partial charge in [0.2, 0.25) is 22.2 Å². The summed E-state index contributed by atoms with van der Waals surface area (Å²) in [5.41, 5.74) is -0.577. The van der Waals surface area contributed by atoms with Crippen LogP contribution < -0.4 is 15.5 Å². The summed E-state index contributed by atoms with van der Waals surface area (Å²) < 4.78 is 15.8. The quantitative estimate of drug-likeness (QED) is 0.286. The van der Waals surface area contributed by atoms with E-state index in [0.29, 0.717) is 15.2 Å². The molecular formula is C21H17N3O7S2. The van der Waals surface area contributed by atoms with E-state index in [1.54, 1.807) is 12.1 Å². The SMILES string of the molecule is COC(=O)c1ccccc1C(=O)Oc1coc(CSc2nnc(NC(=O)C3CC3)s2)cc1=O. The Morgan fingerprint density at radius 3 is 2.58 bits per heavy atom. The molecule has 3 aromatic rings. The second kappa shape index (κ2) is 9.96. The molecule has 33 heavy (non-hydrogen) atoms. The van der Waals surface area contributed by atoms with Gasteiger partial charge in [-0.1, -0.05) is 35.2 Å². The van der Waals surface area contributed by atoms with Gasteiger partial charge >= 0.3 is 11.9 Å². The Bertz CT molecular complexity index is 1270. The van der Waals surface area contributed by atoms with E-state index >= 15 is 0 Å². The molecule has 1 aliphatic rings. The summed E-state index contributed by atoms with van der Waals surface area (Å²) in [5.74, 6) is -1.27. The molecule has 2 heterocycles. The molecule has 1 saturated carbocycles. The fraction of sp³-hybridized carbons (Fsp3) is 0.238. The van der Waals surface area contributed by atoms with Crippen molar-refractivity contribution in [2.45, 2.75) is 22.9 Å². The fourth-order valence-corrected chi connectivity index (χ4v) is 4.34. The first-order chi connectivity index (χ1) is 15.9. The lowest BCUT2D eigenvalue weighted by Gasteiger charge is -2.07. The minimum Gasteiger partial charge on any atom is -0.465 e. The van der Waals surface area contributed by atoms with Crippen molar-refractivity contribution in [3.63, 3.8) is 0 Å². The van der Waals surface area contributed by atoms with E-state index in [2.05, 4.69) is 20.3 Å². The minimum absolute atomic E-state index is 0.0205. The summed E-state index contributed by atoms with van der Waals surface area (Å²) >= 11 is 2.51. The van der Waals surface area contributed by atoms with Gasteiger partial charge in [-0.25, -0.2) is 9.59 Å². The molecule has 12 heteroatoms. The highest BCUT2D eigenvalue weighted by Gasteiger charge is 2.30. The Kier molecular flexibility index (Phi) is 6.84. The zero-order valence-electron chi connectivity index (χ0n) is 17.2. The van der Waals surface area contributed by atoms with Crippen molar-refractivity contribution in [3.8, 4) is 5.75 Å². The van der Waals surface area contributed by atoms with Gasteiger partial charge in [-0.15, -0.1) is 10.2 Å². The molecule has 0 atom stereocenters. The standard InChI is InChI=1S/C21H17N3O7S2/c1-29-18(27)13-4-2-3-5-14(13)19(28)31-16-9-30-12(8-15(16)25)10-32-21-24-23-20(33-21)22-17(26)11-6-7-11/h2-5,8-9,11H,6-7,10H2,1H3,(H,22,23,26). The van der Waals surface area contributed by atoms with Gasteiger partial charge in [0.15, 0.2) is 4.34 Å². The summed E-state index contributed by atoms with van der Waals surface area (Å²) in [6.45, 7) is 0. The molecule has 1 N–H and O–H groups in total. The van der Waals surface area contributed by atoms with Crippen molar-refractivity contribution >= 4 is 46.1 Å². The van der Waals surface area contributed by atoms with E-state index < -0.39 is 17.4 Å². The zero-order chi connectivity index (χ0) is 23.4. The highest BCUT2D eigenvalue weighted by molar-refractivity contribution is 8.00. The van der Waals surface area contributed by atoms with E-state index in [1.807, 2.05) is 0 Å². The number of benzene rings is 1. The van der Waals surface area contributed by atoms with Crippen molar-refractivity contribution in [2.24, 2.45) is 5.92 Å². The van der Waals surface area contributed by atoms with E-state index in [1.165, 1.54) is 48.4 Å². The van der Waals surface area contributed by atoms with Crippen LogP contribution in [0.15, 0.2) is 50.1 Å². The molecule has 0 saturated heterocycles. The molecule has 0 bridgehead atoms. The maximum absolute atomic E-state index is 12.5. The third-order valence-electron chi connectivity index (χ3n) is 4.53. The van der Waals surface area contributed by atoms with Crippen LogP contribution in [0.3, 0.4) is 0 Å². The van der Waals surface area contributed by atoms with Gasteiger partial charge in [-0.3, -0.25) is 9.59 Å². The number of nitrogens with one attached hydrogen (secondary N) is 1. The average Bonchev–Trinajstić information content (AvgIpc) is 3.59. The number of anilines is 1. The van der Waals surface area contributed by atoms with Gasteiger partial charge < -0.3 is 19.2 Å². The number of hydrogen-bond donors (Lipinski definition) is 1. The Morgan fingerprint density at radius 1 is 1.18 bits per heavy atom. The Balaban J connectivity index is 1.37. The second-order valence-corrected chi connectivity index (χ2v) is 9.13. The molecule has 0 spiro atoms. The van der Waals surface area contributed by atoms with Crippen molar-refractivity contribution in [1.82, 2.24) is 10.2 Å². The average molecular weight is 488 g/mol. The third kappa shape index (κ3) is 5.65. The summed E-state index contributed by atoms with van der Waals surface area (Å²) in [6.07, 6.45) is 2.83. The Hall–Kier alpha value is -3.51. The number of carbonyl (C=O) groups is 3. The van der Waals surface area contributed by atoms with Crippen LogP contribution in [0, 0.1) is 5.92 Å². The molecule has 1 fully saturated rings. The second-order valence-electron chi connectivity index (χ2n) is 6.93. The summed E-state index contributed by atoms with van der Waals surface area (Å²) in [4.78, 5) is 48.5. The van der Waals surface area contributed by atoms with Crippen LogP contribution in [-0.2, 0) is 15.3 Å². The molecular weight excluding hydrogens is 470 g/mol. The number of hydrogen-bond acceptors (Lipinski definition) is 11. The van der Waals surface area contributed by atoms with Crippen LogP contribution >= 0.6 is 23.1 Å². The first kappa shape index (κ1) is 22.7. The predicted molar refractivity (Wildman–Crippen MR) is 119 cm³/mol. The lowest BCUT2D eigenvalue weighted by atomic mass is 10.1. The van der Waals surface area contributed by atoms with Crippen molar-refractivity contribution in [3.05, 3.63) is 63.7 Å². The smallest absolute Gasteiger partial charge is 0.344 e. The Morgan fingerprint density at radius 2 is 1.91 bits per heavy atom. The van der Waals surface area contributed by atoms with Crippen LogP contribution in [0.2, 0.25) is 0 Å². The molecule has 0 unspecified atom stereocenters. The van der Waals surface area contributed by atoms with Crippen LogP contribution in [0.25, 0.3) is 0 Å². The van der Waals surface area contributed by atoms with Crippen LogP contribution in [-0.4, -0.2) is 35.2 Å². The van der Waals surface area contributed by atoms with E-state index in [4.69, 9.17) is 9.15 Å². The summed E-state index contributed by atoms with van der Waals surface area (Å²) in [6, 6.07) is 7.15. The van der Waals surface area contributed by atoms with Gasteiger partial charge in [0.25, 0.3) is 0 Å². The minimum atomic E-state index is -0.889. The number of methoxy groups -OCH3 is 1. The van der Waals surface area contributed by atoms with Gasteiger partial charge in [0.05, 0.1) is 24.0 Å². The van der Waals surface area contributed by atoms with E-state index in [0.717, 1.165) is 19.1 Å². The lowest BCUT2D eigenvalue weighted by Crippen LogP contribution is -2.18. The first-order valence-electron chi connectivity index (χ1n) is 9.73. The molecule has 0 radical (unpaired) electrons. The molecule has 0 aliphatic heterocycles. The number of nitrogens with zero attached hydrogens (tertiary/aromatic N) is 2. The monoisotopic (exact) mass is 487 g/mol. The molecule has 1 aromatic carbocycles. The van der Waals surface area contributed by atoms with E-state index in [-0.39, 0.29) is 34.5 Å². The largest absolute Gasteiger partial charge is 0.465 e. The summed E-state index contributed by atoms with van der Waals surface area (Å²) in [5, 5.41) is 11.1. The van der Waals surface area contributed by atoms with Crippen LogP contribution in [0.5, 0.6) is 5.75 Å². The normalized spacial score (nSPS) is 12.8. The number of rotatable bonds is 8. The molecule has 1 amide bonds. The van der Waals surface area contributed by atoms with Crippen molar-refractivity contribution < 1.29 is 28.3 Å². The zero-order valence-corrected chi connectivity index (χ0v) is 18.9. The molecule has 4 rings (SSSR count).